The fourth-order valence-corrected chi connectivity index (χ4v) is 1.78. The number of nitrogens with one attached hydrogen (secondary N) is 2. The molecule has 1 aromatic heterocycles. The highest BCUT2D eigenvalue weighted by atomic mass is 16.1. The SMILES string of the molecule is CC(C)c1nc(-c2ccccc2NC(=O)CCN)n[nH]1. The zero-order chi connectivity index (χ0) is 14.5. The number of para-hydroxylation sites is 1. The summed E-state index contributed by atoms with van der Waals surface area (Å²) in [5, 5.41) is 9.96. The lowest BCUT2D eigenvalue weighted by Gasteiger charge is -2.08. The van der Waals surface area contributed by atoms with Crippen LogP contribution in [0, 0.1) is 0 Å². The van der Waals surface area contributed by atoms with E-state index in [1.165, 1.54) is 0 Å². The largest absolute Gasteiger partial charge is 0.330 e. The van der Waals surface area contributed by atoms with Gasteiger partial charge in [0, 0.05) is 24.4 Å². The number of benzene rings is 1. The van der Waals surface area contributed by atoms with E-state index in [9.17, 15) is 4.79 Å². The number of hydrogen-bond donors (Lipinski definition) is 3. The average molecular weight is 273 g/mol. The van der Waals surface area contributed by atoms with Crippen LogP contribution in [0.15, 0.2) is 24.3 Å². The molecular formula is C14H19N5O. The maximum atomic E-state index is 11.7. The fraction of sp³-hybridized carbons (Fsp3) is 0.357. The van der Waals surface area contributed by atoms with E-state index in [0.29, 0.717) is 24.5 Å². The van der Waals surface area contributed by atoms with Gasteiger partial charge in [0.2, 0.25) is 5.91 Å². The maximum Gasteiger partial charge on any atom is 0.225 e. The van der Waals surface area contributed by atoms with Gasteiger partial charge in [0.15, 0.2) is 5.82 Å². The van der Waals surface area contributed by atoms with Crippen molar-refractivity contribution in [2.75, 3.05) is 11.9 Å². The van der Waals surface area contributed by atoms with E-state index in [-0.39, 0.29) is 11.8 Å². The number of carbonyl (C=O) groups is 1. The zero-order valence-electron chi connectivity index (χ0n) is 11.7. The Labute approximate surface area is 117 Å². The monoisotopic (exact) mass is 273 g/mol. The van der Waals surface area contributed by atoms with E-state index in [0.717, 1.165) is 11.4 Å². The highest BCUT2D eigenvalue weighted by Crippen LogP contribution is 2.25. The lowest BCUT2D eigenvalue weighted by molar-refractivity contribution is -0.116. The predicted octanol–water partition coefficient (Wildman–Crippen LogP) is 1.88. The van der Waals surface area contributed by atoms with Crippen LogP contribution in [0.5, 0.6) is 0 Å². The molecule has 0 saturated carbocycles. The molecule has 6 nitrogen and oxygen atoms in total. The minimum atomic E-state index is -0.112. The van der Waals surface area contributed by atoms with Crippen molar-refractivity contribution >= 4 is 11.6 Å². The van der Waals surface area contributed by atoms with Gasteiger partial charge in [-0.05, 0) is 12.1 Å². The number of nitrogens with zero attached hydrogens (tertiary/aromatic N) is 2. The maximum absolute atomic E-state index is 11.7. The summed E-state index contributed by atoms with van der Waals surface area (Å²) in [6, 6.07) is 7.46. The summed E-state index contributed by atoms with van der Waals surface area (Å²) in [5.41, 5.74) is 6.87. The molecule has 106 valence electrons. The molecule has 0 radical (unpaired) electrons. The van der Waals surface area contributed by atoms with Crippen LogP contribution in [0.1, 0.15) is 32.0 Å². The van der Waals surface area contributed by atoms with Crippen molar-refractivity contribution in [3.05, 3.63) is 30.1 Å². The van der Waals surface area contributed by atoms with E-state index in [1.807, 2.05) is 38.1 Å². The first-order valence-electron chi connectivity index (χ1n) is 6.63. The Morgan fingerprint density at radius 1 is 1.40 bits per heavy atom. The van der Waals surface area contributed by atoms with Crippen LogP contribution < -0.4 is 11.1 Å². The van der Waals surface area contributed by atoms with Gasteiger partial charge in [0.05, 0.1) is 5.69 Å². The minimum Gasteiger partial charge on any atom is -0.330 e. The van der Waals surface area contributed by atoms with Crippen LogP contribution >= 0.6 is 0 Å². The Kier molecular flexibility index (Phi) is 4.47. The zero-order valence-corrected chi connectivity index (χ0v) is 11.7. The first kappa shape index (κ1) is 14.2. The lowest BCUT2D eigenvalue weighted by atomic mass is 10.1. The first-order chi connectivity index (χ1) is 9.61. The van der Waals surface area contributed by atoms with Crippen molar-refractivity contribution in [2.45, 2.75) is 26.2 Å². The standard InChI is InChI=1S/C14H19N5O/c1-9(2)13-17-14(19-18-13)10-5-3-4-6-11(10)16-12(20)7-8-15/h3-6,9H,7-8,15H2,1-2H3,(H,16,20)(H,17,18,19). The number of aromatic nitrogens is 3. The summed E-state index contributed by atoms with van der Waals surface area (Å²) >= 11 is 0. The molecule has 0 bridgehead atoms. The third kappa shape index (κ3) is 3.21. The van der Waals surface area contributed by atoms with Crippen molar-refractivity contribution in [3.63, 3.8) is 0 Å². The van der Waals surface area contributed by atoms with Crippen LogP contribution in [0.2, 0.25) is 0 Å². The van der Waals surface area contributed by atoms with Gasteiger partial charge < -0.3 is 11.1 Å². The van der Waals surface area contributed by atoms with Gasteiger partial charge in [-0.1, -0.05) is 26.0 Å². The molecule has 1 amide bonds. The van der Waals surface area contributed by atoms with Crippen LogP contribution in [0.3, 0.4) is 0 Å². The third-order valence-electron chi connectivity index (χ3n) is 2.86. The Balaban J connectivity index is 2.29. The molecule has 0 spiro atoms. The van der Waals surface area contributed by atoms with Crippen LogP contribution in [0.4, 0.5) is 5.69 Å². The van der Waals surface area contributed by atoms with Crippen LogP contribution in [0.25, 0.3) is 11.4 Å². The molecule has 1 heterocycles. The summed E-state index contributed by atoms with van der Waals surface area (Å²) in [4.78, 5) is 16.1. The number of amides is 1. The van der Waals surface area contributed by atoms with E-state index < -0.39 is 0 Å². The summed E-state index contributed by atoms with van der Waals surface area (Å²) in [6.45, 7) is 4.41. The molecule has 1 aromatic carbocycles. The number of hydrogen-bond acceptors (Lipinski definition) is 4. The smallest absolute Gasteiger partial charge is 0.225 e. The number of aromatic amines is 1. The second-order valence-corrected chi connectivity index (χ2v) is 4.83. The highest BCUT2D eigenvalue weighted by Gasteiger charge is 2.13. The summed E-state index contributed by atoms with van der Waals surface area (Å²) in [6.07, 6.45) is 0.291. The first-order valence-corrected chi connectivity index (χ1v) is 6.63. The molecule has 0 aliphatic heterocycles. The quantitative estimate of drug-likeness (QED) is 0.775. The Bertz CT molecular complexity index is 591. The van der Waals surface area contributed by atoms with Gasteiger partial charge in [-0.2, -0.15) is 5.10 Å². The normalized spacial score (nSPS) is 10.8. The topological polar surface area (TPSA) is 96.7 Å². The van der Waals surface area contributed by atoms with E-state index >= 15 is 0 Å². The van der Waals surface area contributed by atoms with Crippen LogP contribution in [-0.4, -0.2) is 27.6 Å². The van der Waals surface area contributed by atoms with Gasteiger partial charge in [0.25, 0.3) is 0 Å². The number of H-pyrrole nitrogens is 1. The summed E-state index contributed by atoms with van der Waals surface area (Å²) in [5.74, 6) is 1.57. The van der Waals surface area contributed by atoms with Crippen molar-refractivity contribution in [1.82, 2.24) is 15.2 Å². The molecule has 20 heavy (non-hydrogen) atoms. The van der Waals surface area contributed by atoms with Gasteiger partial charge in [-0.25, -0.2) is 4.98 Å². The second kappa shape index (κ2) is 6.29. The molecule has 2 rings (SSSR count). The van der Waals surface area contributed by atoms with Gasteiger partial charge >= 0.3 is 0 Å². The Morgan fingerprint density at radius 3 is 2.80 bits per heavy atom. The Hall–Kier alpha value is -2.21. The second-order valence-electron chi connectivity index (χ2n) is 4.83. The predicted molar refractivity (Wildman–Crippen MR) is 78.2 cm³/mol. The van der Waals surface area contributed by atoms with Crippen molar-refractivity contribution in [1.29, 1.82) is 0 Å². The van der Waals surface area contributed by atoms with Crippen molar-refractivity contribution < 1.29 is 4.79 Å². The molecule has 0 saturated heterocycles. The molecule has 0 atom stereocenters. The van der Waals surface area contributed by atoms with Gasteiger partial charge in [-0.15, -0.1) is 0 Å². The van der Waals surface area contributed by atoms with Gasteiger partial charge in [0.1, 0.15) is 5.82 Å². The molecule has 0 aliphatic rings. The van der Waals surface area contributed by atoms with Crippen molar-refractivity contribution in [2.24, 2.45) is 5.73 Å². The molecule has 4 N–H and O–H groups in total. The number of nitrogens with two attached hydrogens (primary N) is 1. The summed E-state index contributed by atoms with van der Waals surface area (Å²) < 4.78 is 0. The average Bonchev–Trinajstić information content (AvgIpc) is 2.89. The van der Waals surface area contributed by atoms with E-state index in [1.54, 1.807) is 0 Å². The third-order valence-corrected chi connectivity index (χ3v) is 2.86. The Morgan fingerprint density at radius 2 is 2.15 bits per heavy atom. The van der Waals surface area contributed by atoms with E-state index in [2.05, 4.69) is 20.5 Å². The molecular weight excluding hydrogens is 254 g/mol. The van der Waals surface area contributed by atoms with Gasteiger partial charge in [-0.3, -0.25) is 9.89 Å². The number of rotatable bonds is 5. The number of anilines is 1. The molecule has 6 heteroatoms. The van der Waals surface area contributed by atoms with E-state index in [4.69, 9.17) is 5.73 Å². The molecule has 0 unspecified atom stereocenters. The van der Waals surface area contributed by atoms with Crippen molar-refractivity contribution in [3.8, 4) is 11.4 Å². The molecule has 2 aromatic rings. The minimum absolute atomic E-state index is 0.112. The number of carbonyl (C=O) groups excluding carboxylic acids is 1. The molecule has 0 fully saturated rings. The molecule has 0 aliphatic carbocycles. The fourth-order valence-electron chi connectivity index (χ4n) is 1.78. The lowest BCUT2D eigenvalue weighted by Crippen LogP contribution is -2.16. The summed E-state index contributed by atoms with van der Waals surface area (Å²) in [7, 11) is 0. The van der Waals surface area contributed by atoms with Crippen LogP contribution in [-0.2, 0) is 4.79 Å². The highest BCUT2D eigenvalue weighted by molar-refractivity contribution is 5.94.